The molecule has 3 heteroatoms. The van der Waals surface area contributed by atoms with E-state index >= 15 is 0 Å². The first-order valence-electron chi connectivity index (χ1n) is 8.52. The van der Waals surface area contributed by atoms with E-state index in [2.05, 4.69) is 59.0 Å². The predicted octanol–water partition coefficient (Wildman–Crippen LogP) is 6.46. The molecule has 0 aliphatic rings. The Balaban J connectivity index is 1.86. The van der Waals surface area contributed by atoms with Gasteiger partial charge < -0.3 is 0 Å². The van der Waals surface area contributed by atoms with Crippen molar-refractivity contribution < 1.29 is 0 Å². The Morgan fingerprint density at radius 3 is 2.46 bits per heavy atom. The average molecular weight is 355 g/mol. The van der Waals surface area contributed by atoms with E-state index < -0.39 is 0 Å². The molecule has 0 amide bonds. The van der Waals surface area contributed by atoms with Crippen LogP contribution in [0.3, 0.4) is 0 Å². The topological polar surface area (TPSA) is 17.3 Å². The third-order valence-corrected chi connectivity index (χ3v) is 4.87. The molecule has 2 nitrogen and oxygen atoms in total. The van der Waals surface area contributed by atoms with Crippen molar-refractivity contribution in [2.24, 2.45) is 0 Å². The zero-order valence-electron chi connectivity index (χ0n) is 13.9. The van der Waals surface area contributed by atoms with Crippen molar-refractivity contribution in [1.82, 2.24) is 9.38 Å². The van der Waals surface area contributed by atoms with Crippen LogP contribution in [0.15, 0.2) is 78.9 Å². The van der Waals surface area contributed by atoms with Gasteiger partial charge in [0.05, 0.1) is 16.6 Å². The van der Waals surface area contributed by atoms with Crippen molar-refractivity contribution in [3.8, 4) is 0 Å². The van der Waals surface area contributed by atoms with Crippen LogP contribution >= 0.6 is 11.6 Å². The summed E-state index contributed by atoms with van der Waals surface area (Å²) in [4.78, 5) is 4.90. The summed E-state index contributed by atoms with van der Waals surface area (Å²) in [5, 5.41) is 2.97. The van der Waals surface area contributed by atoms with Gasteiger partial charge >= 0.3 is 0 Å². The van der Waals surface area contributed by atoms with Crippen LogP contribution in [0.5, 0.6) is 0 Å². The summed E-state index contributed by atoms with van der Waals surface area (Å²) < 4.78 is 2.20. The Hall–Kier alpha value is -3.10. The minimum absolute atomic E-state index is 0.721. The maximum absolute atomic E-state index is 6.25. The van der Waals surface area contributed by atoms with Crippen molar-refractivity contribution >= 4 is 51.1 Å². The number of hydrogen-bond donors (Lipinski definition) is 0. The summed E-state index contributed by atoms with van der Waals surface area (Å²) in [5.41, 5.74) is 4.35. The summed E-state index contributed by atoms with van der Waals surface area (Å²) in [6.45, 7) is 0. The van der Waals surface area contributed by atoms with Gasteiger partial charge in [0.15, 0.2) is 0 Å². The van der Waals surface area contributed by atoms with E-state index in [1.54, 1.807) is 0 Å². The van der Waals surface area contributed by atoms with Crippen LogP contribution in [0.25, 0.3) is 39.5 Å². The van der Waals surface area contributed by atoms with Gasteiger partial charge in [0.1, 0.15) is 5.82 Å². The molecule has 5 aromatic rings. The second-order valence-electron chi connectivity index (χ2n) is 6.30. The van der Waals surface area contributed by atoms with Gasteiger partial charge in [0.25, 0.3) is 0 Å². The number of benzene rings is 3. The van der Waals surface area contributed by atoms with Gasteiger partial charge in [-0.05, 0) is 42.0 Å². The molecule has 0 saturated heterocycles. The standard InChI is InChI=1S/C23H15ClN2/c24-18-11-12-20-19(15-18)22-14-17-8-4-5-9-21(17)26(22)23(25-20)13-10-16-6-2-1-3-7-16/h1-15H/b13-10-. The van der Waals surface area contributed by atoms with Crippen LogP contribution in [0, 0.1) is 0 Å². The number of fused-ring (bicyclic) bond motifs is 5. The van der Waals surface area contributed by atoms with Crippen molar-refractivity contribution in [2.75, 3.05) is 0 Å². The highest BCUT2D eigenvalue weighted by Crippen LogP contribution is 2.29. The Labute approximate surface area is 156 Å². The van der Waals surface area contributed by atoms with Gasteiger partial charge in [-0.25, -0.2) is 4.98 Å². The highest BCUT2D eigenvalue weighted by Gasteiger charge is 2.11. The number of para-hydroxylation sites is 1. The molecule has 0 aliphatic heterocycles. The Morgan fingerprint density at radius 2 is 1.58 bits per heavy atom. The van der Waals surface area contributed by atoms with Gasteiger partial charge in [0.2, 0.25) is 0 Å². The normalized spacial score (nSPS) is 11.9. The maximum Gasteiger partial charge on any atom is 0.138 e. The molecule has 26 heavy (non-hydrogen) atoms. The number of rotatable bonds is 2. The van der Waals surface area contributed by atoms with E-state index in [4.69, 9.17) is 16.6 Å². The minimum atomic E-state index is 0.721. The largest absolute Gasteiger partial charge is 0.294 e. The summed E-state index contributed by atoms with van der Waals surface area (Å²) in [5.74, 6) is 0.903. The minimum Gasteiger partial charge on any atom is -0.294 e. The number of aromatic nitrogens is 2. The van der Waals surface area contributed by atoms with Gasteiger partial charge in [0, 0.05) is 15.8 Å². The van der Waals surface area contributed by atoms with Crippen LogP contribution < -0.4 is 0 Å². The molecule has 0 saturated carbocycles. The smallest absolute Gasteiger partial charge is 0.138 e. The molecule has 0 bridgehead atoms. The van der Waals surface area contributed by atoms with Gasteiger partial charge in [-0.1, -0.05) is 66.2 Å². The molecule has 2 aromatic heterocycles. The van der Waals surface area contributed by atoms with Crippen LogP contribution in [0.4, 0.5) is 0 Å². The highest BCUT2D eigenvalue weighted by molar-refractivity contribution is 6.31. The molecule has 0 aliphatic carbocycles. The van der Waals surface area contributed by atoms with E-state index in [-0.39, 0.29) is 0 Å². The second kappa shape index (κ2) is 6.01. The number of halogens is 1. The predicted molar refractivity (Wildman–Crippen MR) is 111 cm³/mol. The lowest BCUT2D eigenvalue weighted by molar-refractivity contribution is 1.13. The van der Waals surface area contributed by atoms with Crippen molar-refractivity contribution in [3.63, 3.8) is 0 Å². The Kier molecular flexibility index (Phi) is 3.51. The van der Waals surface area contributed by atoms with Crippen LogP contribution in [0.2, 0.25) is 5.02 Å². The van der Waals surface area contributed by atoms with Crippen LogP contribution in [-0.2, 0) is 0 Å². The molecule has 3 aromatic carbocycles. The van der Waals surface area contributed by atoms with Crippen molar-refractivity contribution in [3.05, 3.63) is 95.3 Å². The molecular formula is C23H15ClN2. The third kappa shape index (κ3) is 2.47. The molecule has 0 spiro atoms. The van der Waals surface area contributed by atoms with Gasteiger partial charge in [-0.2, -0.15) is 0 Å². The van der Waals surface area contributed by atoms with Gasteiger partial charge in [-0.15, -0.1) is 0 Å². The fourth-order valence-corrected chi connectivity index (χ4v) is 3.60. The summed E-state index contributed by atoms with van der Waals surface area (Å²) in [7, 11) is 0. The lowest BCUT2D eigenvalue weighted by atomic mass is 10.2. The van der Waals surface area contributed by atoms with E-state index in [1.807, 2.05) is 36.4 Å². The van der Waals surface area contributed by atoms with Gasteiger partial charge in [-0.3, -0.25) is 4.40 Å². The second-order valence-corrected chi connectivity index (χ2v) is 6.74. The number of hydrogen-bond acceptors (Lipinski definition) is 1. The van der Waals surface area contributed by atoms with Crippen molar-refractivity contribution in [1.29, 1.82) is 0 Å². The molecule has 0 atom stereocenters. The maximum atomic E-state index is 6.25. The lowest BCUT2D eigenvalue weighted by Crippen LogP contribution is -1.96. The average Bonchev–Trinajstić information content (AvgIpc) is 3.07. The number of nitrogens with zero attached hydrogens (tertiary/aromatic N) is 2. The Morgan fingerprint density at radius 1 is 0.769 bits per heavy atom. The SMILES string of the molecule is Clc1ccc2nc(/C=C\c3ccccc3)n3c4ccccc4cc3c2c1. The molecule has 0 fully saturated rings. The van der Waals surface area contributed by atoms with Crippen LogP contribution in [0.1, 0.15) is 11.4 Å². The summed E-state index contributed by atoms with van der Waals surface area (Å²) in [6, 6.07) is 26.7. The summed E-state index contributed by atoms with van der Waals surface area (Å²) in [6.07, 6.45) is 4.17. The zero-order valence-corrected chi connectivity index (χ0v) is 14.7. The van der Waals surface area contributed by atoms with E-state index in [0.29, 0.717) is 0 Å². The van der Waals surface area contributed by atoms with Crippen LogP contribution in [-0.4, -0.2) is 9.38 Å². The molecule has 5 rings (SSSR count). The first kappa shape index (κ1) is 15.2. The summed E-state index contributed by atoms with van der Waals surface area (Å²) >= 11 is 6.25. The Bertz CT molecular complexity index is 1280. The molecule has 0 unspecified atom stereocenters. The van der Waals surface area contributed by atoms with E-state index in [1.165, 1.54) is 5.39 Å². The fraction of sp³-hybridized carbons (Fsp3) is 0. The fourth-order valence-electron chi connectivity index (χ4n) is 3.43. The first-order valence-corrected chi connectivity index (χ1v) is 8.90. The lowest BCUT2D eigenvalue weighted by Gasteiger charge is -2.07. The highest BCUT2D eigenvalue weighted by atomic mass is 35.5. The zero-order chi connectivity index (χ0) is 17.5. The molecule has 124 valence electrons. The van der Waals surface area contributed by atoms with Crippen molar-refractivity contribution in [2.45, 2.75) is 0 Å². The van der Waals surface area contributed by atoms with E-state index in [0.717, 1.165) is 38.3 Å². The molecule has 2 heterocycles. The quantitative estimate of drug-likeness (QED) is 0.355. The molecule has 0 N–H and O–H groups in total. The third-order valence-electron chi connectivity index (χ3n) is 4.63. The molecular weight excluding hydrogens is 340 g/mol. The molecule has 0 radical (unpaired) electrons. The van der Waals surface area contributed by atoms with E-state index in [9.17, 15) is 0 Å². The first-order chi connectivity index (χ1) is 12.8. The monoisotopic (exact) mass is 354 g/mol.